The normalized spacial score (nSPS) is 12.1. The van der Waals surface area contributed by atoms with Crippen LogP contribution in [0.1, 0.15) is 23.2 Å². The van der Waals surface area contributed by atoms with Crippen LogP contribution in [0, 0.1) is 0 Å². The van der Waals surface area contributed by atoms with E-state index in [1.54, 1.807) is 6.26 Å². The van der Waals surface area contributed by atoms with Crippen LogP contribution in [-0.2, 0) is 6.42 Å². The molecule has 2 heterocycles. The van der Waals surface area contributed by atoms with Gasteiger partial charge in [0.25, 0.3) is 5.91 Å². The van der Waals surface area contributed by atoms with Gasteiger partial charge in [0.1, 0.15) is 16.6 Å². The topological polar surface area (TPSA) is 68.0 Å². The standard InChI is InChI=1S/C12H12ClN3O2/c1-8(5-9-3-2-4-18-9)15-12(17)10-6-14-7-11(13)16-10/h2-4,6-8H,5H2,1H3,(H,15,17). The van der Waals surface area contributed by atoms with Gasteiger partial charge in [0.2, 0.25) is 0 Å². The van der Waals surface area contributed by atoms with Crippen LogP contribution in [0.25, 0.3) is 0 Å². The Kier molecular flexibility index (Phi) is 3.94. The maximum absolute atomic E-state index is 11.8. The molecule has 1 unspecified atom stereocenters. The number of hydrogen-bond donors (Lipinski definition) is 1. The number of nitrogens with one attached hydrogen (secondary N) is 1. The Balaban J connectivity index is 1.95. The quantitative estimate of drug-likeness (QED) is 0.919. The van der Waals surface area contributed by atoms with E-state index in [4.69, 9.17) is 16.0 Å². The summed E-state index contributed by atoms with van der Waals surface area (Å²) in [4.78, 5) is 19.5. The van der Waals surface area contributed by atoms with Crippen LogP contribution in [0.5, 0.6) is 0 Å². The average molecular weight is 266 g/mol. The molecule has 94 valence electrons. The van der Waals surface area contributed by atoms with Gasteiger partial charge in [-0.2, -0.15) is 0 Å². The molecule has 2 rings (SSSR count). The van der Waals surface area contributed by atoms with Gasteiger partial charge in [0.05, 0.1) is 18.7 Å². The highest BCUT2D eigenvalue weighted by atomic mass is 35.5. The molecule has 0 aliphatic rings. The van der Waals surface area contributed by atoms with E-state index >= 15 is 0 Å². The number of rotatable bonds is 4. The van der Waals surface area contributed by atoms with Crippen molar-refractivity contribution in [2.45, 2.75) is 19.4 Å². The summed E-state index contributed by atoms with van der Waals surface area (Å²) in [7, 11) is 0. The van der Waals surface area contributed by atoms with E-state index in [0.717, 1.165) is 5.76 Å². The van der Waals surface area contributed by atoms with Crippen molar-refractivity contribution in [2.75, 3.05) is 0 Å². The fourth-order valence-electron chi connectivity index (χ4n) is 1.53. The van der Waals surface area contributed by atoms with Gasteiger partial charge >= 0.3 is 0 Å². The summed E-state index contributed by atoms with van der Waals surface area (Å²) in [6.07, 6.45) is 4.98. The number of furan rings is 1. The van der Waals surface area contributed by atoms with Crippen LogP contribution in [0.15, 0.2) is 35.2 Å². The van der Waals surface area contributed by atoms with Crippen molar-refractivity contribution in [3.8, 4) is 0 Å². The zero-order chi connectivity index (χ0) is 13.0. The van der Waals surface area contributed by atoms with Gasteiger partial charge in [-0.3, -0.25) is 9.78 Å². The van der Waals surface area contributed by atoms with Gasteiger partial charge in [-0.15, -0.1) is 0 Å². The minimum atomic E-state index is -0.302. The van der Waals surface area contributed by atoms with Crippen molar-refractivity contribution in [1.29, 1.82) is 0 Å². The highest BCUT2D eigenvalue weighted by Gasteiger charge is 2.13. The lowest BCUT2D eigenvalue weighted by atomic mass is 10.2. The minimum Gasteiger partial charge on any atom is -0.469 e. The molecule has 0 aliphatic carbocycles. The molecule has 0 saturated heterocycles. The second-order valence-electron chi connectivity index (χ2n) is 3.89. The first kappa shape index (κ1) is 12.6. The van der Waals surface area contributed by atoms with Crippen LogP contribution in [0.4, 0.5) is 0 Å². The number of hydrogen-bond acceptors (Lipinski definition) is 4. The summed E-state index contributed by atoms with van der Waals surface area (Å²) in [5, 5.41) is 3.00. The molecule has 18 heavy (non-hydrogen) atoms. The lowest BCUT2D eigenvalue weighted by Gasteiger charge is -2.11. The van der Waals surface area contributed by atoms with Crippen molar-refractivity contribution in [2.24, 2.45) is 0 Å². The lowest BCUT2D eigenvalue weighted by Crippen LogP contribution is -2.34. The summed E-state index contributed by atoms with van der Waals surface area (Å²) in [5.74, 6) is 0.518. The van der Waals surface area contributed by atoms with E-state index in [1.165, 1.54) is 12.4 Å². The van der Waals surface area contributed by atoms with E-state index in [9.17, 15) is 4.79 Å². The largest absolute Gasteiger partial charge is 0.469 e. The lowest BCUT2D eigenvalue weighted by molar-refractivity contribution is 0.0934. The summed E-state index contributed by atoms with van der Waals surface area (Å²) >= 11 is 5.67. The van der Waals surface area contributed by atoms with Crippen molar-refractivity contribution in [3.05, 3.63) is 47.4 Å². The molecule has 6 heteroatoms. The molecule has 0 spiro atoms. The van der Waals surface area contributed by atoms with Crippen molar-refractivity contribution in [3.63, 3.8) is 0 Å². The first-order valence-corrected chi connectivity index (χ1v) is 5.84. The number of amides is 1. The number of halogens is 1. The summed E-state index contributed by atoms with van der Waals surface area (Å²) in [6, 6.07) is 3.61. The molecule has 0 bridgehead atoms. The fraction of sp³-hybridized carbons (Fsp3) is 0.250. The molecule has 1 atom stereocenters. The Hall–Kier alpha value is -1.88. The minimum absolute atomic E-state index is 0.0653. The molecule has 0 radical (unpaired) electrons. The monoisotopic (exact) mass is 265 g/mol. The number of aromatic nitrogens is 2. The van der Waals surface area contributed by atoms with Crippen LogP contribution >= 0.6 is 11.6 Å². The molecule has 2 aromatic rings. The van der Waals surface area contributed by atoms with Gasteiger partial charge in [-0.05, 0) is 19.1 Å². The number of carbonyl (C=O) groups is 1. The van der Waals surface area contributed by atoms with E-state index in [0.29, 0.717) is 6.42 Å². The SMILES string of the molecule is CC(Cc1ccco1)NC(=O)c1cncc(Cl)n1. The Bertz CT molecular complexity index is 528. The highest BCUT2D eigenvalue weighted by Crippen LogP contribution is 2.06. The van der Waals surface area contributed by atoms with E-state index in [2.05, 4.69) is 15.3 Å². The molecule has 1 amide bonds. The van der Waals surface area contributed by atoms with Crippen molar-refractivity contribution < 1.29 is 9.21 Å². The maximum Gasteiger partial charge on any atom is 0.271 e. The van der Waals surface area contributed by atoms with Crippen LogP contribution in [-0.4, -0.2) is 21.9 Å². The summed E-state index contributed by atoms with van der Waals surface area (Å²) in [6.45, 7) is 1.89. The first-order chi connectivity index (χ1) is 8.65. The molecule has 2 aromatic heterocycles. The van der Waals surface area contributed by atoms with Crippen LogP contribution < -0.4 is 5.32 Å². The zero-order valence-corrected chi connectivity index (χ0v) is 10.5. The van der Waals surface area contributed by atoms with Gasteiger partial charge < -0.3 is 9.73 Å². The maximum atomic E-state index is 11.8. The zero-order valence-electron chi connectivity index (χ0n) is 9.76. The smallest absolute Gasteiger partial charge is 0.271 e. The molecule has 0 aromatic carbocycles. The number of carbonyl (C=O) groups excluding carboxylic acids is 1. The second kappa shape index (κ2) is 5.64. The van der Waals surface area contributed by atoms with E-state index in [1.807, 2.05) is 19.1 Å². The van der Waals surface area contributed by atoms with Gasteiger partial charge in [0, 0.05) is 12.5 Å². The molecule has 5 nitrogen and oxygen atoms in total. The first-order valence-electron chi connectivity index (χ1n) is 5.46. The van der Waals surface area contributed by atoms with Crippen LogP contribution in [0.3, 0.4) is 0 Å². The van der Waals surface area contributed by atoms with Crippen molar-refractivity contribution >= 4 is 17.5 Å². The third-order valence-corrected chi connectivity index (χ3v) is 2.48. The Morgan fingerprint density at radius 2 is 2.39 bits per heavy atom. The van der Waals surface area contributed by atoms with E-state index < -0.39 is 0 Å². The number of nitrogens with zero attached hydrogens (tertiary/aromatic N) is 2. The highest BCUT2D eigenvalue weighted by molar-refractivity contribution is 6.29. The average Bonchev–Trinajstić information content (AvgIpc) is 2.81. The molecule has 0 saturated carbocycles. The Morgan fingerprint density at radius 1 is 1.56 bits per heavy atom. The van der Waals surface area contributed by atoms with Gasteiger partial charge in [-0.25, -0.2) is 4.98 Å². The molecule has 0 aliphatic heterocycles. The van der Waals surface area contributed by atoms with Crippen LogP contribution in [0.2, 0.25) is 5.15 Å². The molecular formula is C12H12ClN3O2. The predicted molar refractivity (Wildman–Crippen MR) is 66.4 cm³/mol. The van der Waals surface area contributed by atoms with Gasteiger partial charge in [-0.1, -0.05) is 11.6 Å². The molecule has 1 N–H and O–H groups in total. The fourth-order valence-corrected chi connectivity index (χ4v) is 1.68. The summed E-state index contributed by atoms with van der Waals surface area (Å²) < 4.78 is 5.21. The summed E-state index contributed by atoms with van der Waals surface area (Å²) in [5.41, 5.74) is 0.203. The molecule has 0 fully saturated rings. The van der Waals surface area contributed by atoms with Gasteiger partial charge in [0.15, 0.2) is 0 Å². The second-order valence-corrected chi connectivity index (χ2v) is 4.27. The predicted octanol–water partition coefficient (Wildman–Crippen LogP) is 2.08. The third-order valence-electron chi connectivity index (χ3n) is 2.30. The van der Waals surface area contributed by atoms with Crippen molar-refractivity contribution in [1.82, 2.24) is 15.3 Å². The molecular weight excluding hydrogens is 254 g/mol. The Labute approximate surface area is 109 Å². The third kappa shape index (κ3) is 3.30. The Morgan fingerprint density at radius 3 is 3.06 bits per heavy atom. The van der Waals surface area contributed by atoms with E-state index in [-0.39, 0.29) is 22.8 Å².